The molecule has 0 spiro atoms. The SMILES string of the molecule is Cc1cncc(CN2CCC(Oc3cccc4[nH]ccc34)CC2)n1. The van der Waals surface area contributed by atoms with Crippen LogP contribution in [0.15, 0.2) is 42.9 Å². The van der Waals surface area contributed by atoms with E-state index in [1.54, 1.807) is 6.20 Å². The van der Waals surface area contributed by atoms with Crippen molar-refractivity contribution < 1.29 is 4.74 Å². The Labute approximate surface area is 141 Å². The summed E-state index contributed by atoms with van der Waals surface area (Å²) in [6.45, 7) is 4.92. The number of nitrogens with zero attached hydrogens (tertiary/aromatic N) is 3. The van der Waals surface area contributed by atoms with E-state index in [2.05, 4.69) is 38.1 Å². The molecule has 0 unspecified atom stereocenters. The highest BCUT2D eigenvalue weighted by Gasteiger charge is 2.21. The standard InChI is InChI=1S/C19H22N4O/c1-14-11-20-12-15(22-14)13-23-9-6-16(7-10-23)24-19-4-2-3-18-17(19)5-8-21-18/h2-5,8,11-12,16,21H,6-7,9-10,13H2,1H3. The number of aromatic amines is 1. The zero-order valence-corrected chi connectivity index (χ0v) is 13.9. The van der Waals surface area contributed by atoms with E-state index in [1.165, 1.54) is 0 Å². The fraction of sp³-hybridized carbons (Fsp3) is 0.368. The van der Waals surface area contributed by atoms with Crippen LogP contribution >= 0.6 is 0 Å². The second kappa shape index (κ2) is 6.61. The number of likely N-dealkylation sites (tertiary alicyclic amines) is 1. The monoisotopic (exact) mass is 322 g/mol. The first kappa shape index (κ1) is 15.1. The average Bonchev–Trinajstić information content (AvgIpc) is 3.06. The van der Waals surface area contributed by atoms with E-state index in [0.717, 1.165) is 60.5 Å². The highest BCUT2D eigenvalue weighted by molar-refractivity contribution is 5.85. The summed E-state index contributed by atoms with van der Waals surface area (Å²) in [5.41, 5.74) is 3.15. The van der Waals surface area contributed by atoms with E-state index < -0.39 is 0 Å². The Balaban J connectivity index is 1.35. The average molecular weight is 322 g/mol. The van der Waals surface area contributed by atoms with Crippen LogP contribution in [0.1, 0.15) is 24.2 Å². The lowest BCUT2D eigenvalue weighted by Crippen LogP contribution is -2.38. The summed E-state index contributed by atoms with van der Waals surface area (Å²) in [7, 11) is 0. The number of piperidine rings is 1. The van der Waals surface area contributed by atoms with Crippen LogP contribution < -0.4 is 4.74 Å². The van der Waals surface area contributed by atoms with Gasteiger partial charge in [0.1, 0.15) is 11.9 Å². The summed E-state index contributed by atoms with van der Waals surface area (Å²) in [5, 5.41) is 1.16. The summed E-state index contributed by atoms with van der Waals surface area (Å²) in [6.07, 6.45) is 7.99. The quantitative estimate of drug-likeness (QED) is 0.801. The summed E-state index contributed by atoms with van der Waals surface area (Å²) in [5.74, 6) is 0.983. The predicted molar refractivity (Wildman–Crippen MR) is 94.0 cm³/mol. The van der Waals surface area contributed by atoms with E-state index in [4.69, 9.17) is 4.74 Å². The molecule has 1 saturated heterocycles. The summed E-state index contributed by atoms with van der Waals surface area (Å²) < 4.78 is 6.27. The van der Waals surface area contributed by atoms with Crippen LogP contribution in [0.4, 0.5) is 0 Å². The first-order valence-corrected chi connectivity index (χ1v) is 8.50. The van der Waals surface area contributed by atoms with Crippen molar-refractivity contribution in [3.63, 3.8) is 0 Å². The van der Waals surface area contributed by atoms with Gasteiger partial charge in [0.25, 0.3) is 0 Å². The molecule has 4 rings (SSSR count). The highest BCUT2D eigenvalue weighted by atomic mass is 16.5. The number of hydrogen-bond acceptors (Lipinski definition) is 4. The molecule has 3 heterocycles. The third-order valence-electron chi connectivity index (χ3n) is 4.57. The van der Waals surface area contributed by atoms with Crippen molar-refractivity contribution in [2.24, 2.45) is 0 Å². The van der Waals surface area contributed by atoms with E-state index in [-0.39, 0.29) is 6.10 Å². The van der Waals surface area contributed by atoms with Gasteiger partial charge in [-0.3, -0.25) is 14.9 Å². The Morgan fingerprint density at radius 1 is 1.21 bits per heavy atom. The molecule has 24 heavy (non-hydrogen) atoms. The summed E-state index contributed by atoms with van der Waals surface area (Å²) in [4.78, 5) is 14.4. The second-order valence-electron chi connectivity index (χ2n) is 6.44. The number of aryl methyl sites for hydroxylation is 1. The maximum absolute atomic E-state index is 6.27. The minimum Gasteiger partial charge on any atom is -0.490 e. The molecule has 2 aromatic heterocycles. The molecule has 0 aliphatic carbocycles. The molecule has 5 nitrogen and oxygen atoms in total. The molecule has 0 amide bonds. The van der Waals surface area contributed by atoms with Gasteiger partial charge < -0.3 is 9.72 Å². The molecule has 0 atom stereocenters. The van der Waals surface area contributed by atoms with Crippen LogP contribution in [0.25, 0.3) is 10.9 Å². The lowest BCUT2D eigenvalue weighted by Gasteiger charge is -2.32. The summed E-state index contributed by atoms with van der Waals surface area (Å²) >= 11 is 0. The maximum Gasteiger partial charge on any atom is 0.129 e. The number of nitrogens with one attached hydrogen (secondary N) is 1. The topological polar surface area (TPSA) is 54.0 Å². The number of benzene rings is 1. The molecule has 1 aromatic carbocycles. The molecule has 0 radical (unpaired) electrons. The number of aromatic nitrogens is 3. The molecule has 3 aromatic rings. The molecular weight excluding hydrogens is 300 g/mol. The third kappa shape index (κ3) is 3.26. The van der Waals surface area contributed by atoms with Gasteiger partial charge in [-0.1, -0.05) is 6.07 Å². The van der Waals surface area contributed by atoms with Crippen LogP contribution in [0, 0.1) is 6.92 Å². The Bertz CT molecular complexity index is 821. The fourth-order valence-corrected chi connectivity index (χ4v) is 3.34. The van der Waals surface area contributed by atoms with Crippen molar-refractivity contribution in [3.05, 3.63) is 54.2 Å². The highest BCUT2D eigenvalue weighted by Crippen LogP contribution is 2.27. The zero-order chi connectivity index (χ0) is 16.4. The van der Waals surface area contributed by atoms with Gasteiger partial charge in [-0.15, -0.1) is 0 Å². The van der Waals surface area contributed by atoms with Crippen molar-refractivity contribution in [1.82, 2.24) is 19.9 Å². The van der Waals surface area contributed by atoms with E-state index in [9.17, 15) is 0 Å². The zero-order valence-electron chi connectivity index (χ0n) is 13.9. The van der Waals surface area contributed by atoms with Gasteiger partial charge in [-0.05, 0) is 38.0 Å². The van der Waals surface area contributed by atoms with Gasteiger partial charge >= 0.3 is 0 Å². The lowest BCUT2D eigenvalue weighted by molar-refractivity contribution is 0.0972. The van der Waals surface area contributed by atoms with Crippen molar-refractivity contribution >= 4 is 10.9 Å². The van der Waals surface area contributed by atoms with Gasteiger partial charge in [0.05, 0.1) is 11.4 Å². The number of hydrogen-bond donors (Lipinski definition) is 1. The Morgan fingerprint density at radius 2 is 2.08 bits per heavy atom. The van der Waals surface area contributed by atoms with Gasteiger partial charge in [0.2, 0.25) is 0 Å². The van der Waals surface area contributed by atoms with Gasteiger partial charge in [-0.2, -0.15) is 0 Å². The molecule has 1 aliphatic rings. The van der Waals surface area contributed by atoms with Crippen molar-refractivity contribution in [2.45, 2.75) is 32.4 Å². The molecule has 124 valence electrons. The summed E-state index contributed by atoms with van der Waals surface area (Å²) in [6, 6.07) is 8.26. The fourth-order valence-electron chi connectivity index (χ4n) is 3.34. The molecule has 0 saturated carbocycles. The normalized spacial score (nSPS) is 16.5. The van der Waals surface area contributed by atoms with Crippen LogP contribution in [-0.4, -0.2) is 39.0 Å². The first-order valence-electron chi connectivity index (χ1n) is 8.50. The third-order valence-corrected chi connectivity index (χ3v) is 4.57. The molecule has 1 fully saturated rings. The van der Waals surface area contributed by atoms with E-state index in [1.807, 2.05) is 25.4 Å². The van der Waals surface area contributed by atoms with Gasteiger partial charge in [-0.25, -0.2) is 0 Å². The number of rotatable bonds is 4. The minimum absolute atomic E-state index is 0.283. The van der Waals surface area contributed by atoms with Crippen LogP contribution in [-0.2, 0) is 6.54 Å². The largest absolute Gasteiger partial charge is 0.490 e. The molecule has 0 bridgehead atoms. The van der Waals surface area contributed by atoms with Crippen molar-refractivity contribution in [3.8, 4) is 5.75 Å². The molecule has 1 aliphatic heterocycles. The van der Waals surface area contributed by atoms with Crippen LogP contribution in [0.5, 0.6) is 5.75 Å². The van der Waals surface area contributed by atoms with E-state index in [0.29, 0.717) is 0 Å². The Kier molecular flexibility index (Phi) is 4.17. The lowest BCUT2D eigenvalue weighted by atomic mass is 10.1. The smallest absolute Gasteiger partial charge is 0.129 e. The Hall–Kier alpha value is -2.40. The second-order valence-corrected chi connectivity index (χ2v) is 6.44. The van der Waals surface area contributed by atoms with Crippen LogP contribution in [0.2, 0.25) is 0 Å². The minimum atomic E-state index is 0.283. The number of H-pyrrole nitrogens is 1. The number of ether oxygens (including phenoxy) is 1. The number of fused-ring (bicyclic) bond motifs is 1. The molecular formula is C19H22N4O. The van der Waals surface area contributed by atoms with Gasteiger partial charge in [0, 0.05) is 49.1 Å². The molecule has 5 heteroatoms. The molecule has 1 N–H and O–H groups in total. The Morgan fingerprint density at radius 3 is 2.92 bits per heavy atom. The maximum atomic E-state index is 6.27. The van der Waals surface area contributed by atoms with Crippen LogP contribution in [0.3, 0.4) is 0 Å². The van der Waals surface area contributed by atoms with E-state index >= 15 is 0 Å². The predicted octanol–water partition coefficient (Wildman–Crippen LogP) is 3.31. The van der Waals surface area contributed by atoms with Crippen molar-refractivity contribution in [1.29, 1.82) is 0 Å². The van der Waals surface area contributed by atoms with Gasteiger partial charge in [0.15, 0.2) is 0 Å². The first-order chi connectivity index (χ1) is 11.8. The van der Waals surface area contributed by atoms with Crippen molar-refractivity contribution in [2.75, 3.05) is 13.1 Å².